The molecular weight excluding hydrogens is 288 g/mol. The second-order valence-corrected chi connectivity index (χ2v) is 7.00. The van der Waals surface area contributed by atoms with E-state index in [2.05, 4.69) is 27.8 Å². The zero-order valence-corrected chi connectivity index (χ0v) is 13.3. The van der Waals surface area contributed by atoms with Crippen LogP contribution >= 0.6 is 23.1 Å². The summed E-state index contributed by atoms with van der Waals surface area (Å²) in [6.07, 6.45) is 1.09. The number of rotatable bonds is 4. The van der Waals surface area contributed by atoms with Crippen LogP contribution in [0.15, 0.2) is 34.5 Å². The maximum Gasteiger partial charge on any atom is 0.133 e. The topological polar surface area (TPSA) is 34.2 Å². The average molecular weight is 306 g/mol. The van der Waals surface area contributed by atoms with E-state index < -0.39 is 0 Å². The van der Waals surface area contributed by atoms with E-state index in [4.69, 9.17) is 4.74 Å². The number of thioether (sulfide) groups is 1. The number of hydrogen-bond acceptors (Lipinski definition) is 5. The fourth-order valence-electron chi connectivity index (χ4n) is 2.38. The predicted octanol–water partition coefficient (Wildman–Crippen LogP) is 3.14. The van der Waals surface area contributed by atoms with Gasteiger partial charge in [-0.3, -0.25) is 0 Å². The van der Waals surface area contributed by atoms with Gasteiger partial charge in [-0.05, 0) is 26.1 Å². The Bertz CT molecular complexity index is 585. The second-order valence-electron chi connectivity index (χ2n) is 4.87. The van der Waals surface area contributed by atoms with Crippen molar-refractivity contribution in [1.29, 1.82) is 0 Å². The highest BCUT2D eigenvalue weighted by Crippen LogP contribution is 2.36. The minimum atomic E-state index is 0.182. The van der Waals surface area contributed by atoms with Crippen molar-refractivity contribution in [3.63, 3.8) is 0 Å². The van der Waals surface area contributed by atoms with Crippen molar-refractivity contribution >= 4 is 23.1 Å². The molecule has 106 valence electrons. The van der Waals surface area contributed by atoms with E-state index in [-0.39, 0.29) is 12.1 Å². The number of benzene rings is 1. The number of hydrogen-bond donors (Lipinski definition) is 1. The molecule has 5 heteroatoms. The summed E-state index contributed by atoms with van der Waals surface area (Å²) in [5.41, 5.74) is 1.15. The quantitative estimate of drug-likeness (QED) is 0.941. The predicted molar refractivity (Wildman–Crippen MR) is 85.0 cm³/mol. The van der Waals surface area contributed by atoms with Crippen molar-refractivity contribution in [2.45, 2.75) is 30.4 Å². The van der Waals surface area contributed by atoms with Crippen LogP contribution in [-0.2, 0) is 6.42 Å². The number of likely N-dealkylation sites (N-methyl/N-ethyl adjacent to an activating group) is 1. The van der Waals surface area contributed by atoms with Crippen molar-refractivity contribution in [3.05, 3.63) is 40.3 Å². The molecule has 1 N–H and O–H groups in total. The van der Waals surface area contributed by atoms with Gasteiger partial charge in [-0.25, -0.2) is 4.98 Å². The smallest absolute Gasteiger partial charge is 0.133 e. The van der Waals surface area contributed by atoms with Gasteiger partial charge in [-0.2, -0.15) is 0 Å². The minimum absolute atomic E-state index is 0.182. The fraction of sp³-hybridized carbons (Fsp3) is 0.400. The summed E-state index contributed by atoms with van der Waals surface area (Å²) in [5.74, 6) is 1.98. The van der Waals surface area contributed by atoms with E-state index in [0.29, 0.717) is 0 Å². The van der Waals surface area contributed by atoms with Crippen LogP contribution in [0.4, 0.5) is 0 Å². The molecule has 0 fully saturated rings. The molecule has 2 unspecified atom stereocenters. The first-order chi connectivity index (χ1) is 9.76. The van der Waals surface area contributed by atoms with Crippen molar-refractivity contribution in [2.75, 3.05) is 12.8 Å². The number of nitrogens with one attached hydrogen (secondary N) is 1. The highest BCUT2D eigenvalue weighted by atomic mass is 32.2. The van der Waals surface area contributed by atoms with E-state index in [1.165, 1.54) is 4.90 Å². The summed E-state index contributed by atoms with van der Waals surface area (Å²) in [6, 6.07) is 8.54. The van der Waals surface area contributed by atoms with Crippen molar-refractivity contribution < 1.29 is 4.74 Å². The fourth-order valence-corrected chi connectivity index (χ4v) is 4.08. The second kappa shape index (κ2) is 6.16. The maximum absolute atomic E-state index is 6.16. The highest BCUT2D eigenvalue weighted by molar-refractivity contribution is 7.99. The van der Waals surface area contributed by atoms with Gasteiger partial charge in [-0.15, -0.1) is 23.1 Å². The molecule has 0 radical (unpaired) electrons. The summed E-state index contributed by atoms with van der Waals surface area (Å²) in [6.45, 7) is 2.05. The monoisotopic (exact) mass is 306 g/mol. The summed E-state index contributed by atoms with van der Waals surface area (Å²) in [5, 5.41) is 6.65. The van der Waals surface area contributed by atoms with E-state index in [1.807, 2.05) is 37.9 Å². The largest absolute Gasteiger partial charge is 0.487 e. The summed E-state index contributed by atoms with van der Waals surface area (Å²) in [7, 11) is 2.00. The van der Waals surface area contributed by atoms with E-state index >= 15 is 0 Å². The molecule has 1 aromatic heterocycles. The molecule has 0 spiro atoms. The molecule has 3 nitrogen and oxygen atoms in total. The molecule has 2 aromatic rings. The molecule has 0 amide bonds. The third-order valence-corrected chi connectivity index (χ3v) is 5.41. The minimum Gasteiger partial charge on any atom is -0.487 e. The molecule has 1 aliphatic rings. The number of nitrogens with zero attached hydrogens (tertiary/aromatic N) is 1. The van der Waals surface area contributed by atoms with Crippen molar-refractivity contribution in [2.24, 2.45) is 0 Å². The van der Waals surface area contributed by atoms with Crippen LogP contribution in [0.2, 0.25) is 0 Å². The molecule has 0 aliphatic carbocycles. The van der Waals surface area contributed by atoms with Gasteiger partial charge in [0.25, 0.3) is 0 Å². The molecule has 2 atom stereocenters. The molecular formula is C15H18N2OS2. The Labute approximate surface area is 127 Å². The van der Waals surface area contributed by atoms with Crippen LogP contribution in [0.3, 0.4) is 0 Å². The number of ether oxygens (including phenoxy) is 1. The van der Waals surface area contributed by atoms with Gasteiger partial charge in [0.1, 0.15) is 11.9 Å². The third kappa shape index (κ3) is 3.00. The lowest BCUT2D eigenvalue weighted by Gasteiger charge is -2.31. The lowest BCUT2D eigenvalue weighted by atomic mass is 10.1. The summed E-state index contributed by atoms with van der Waals surface area (Å²) in [4.78, 5) is 5.79. The van der Waals surface area contributed by atoms with Crippen LogP contribution in [0, 0.1) is 6.92 Å². The maximum atomic E-state index is 6.16. The van der Waals surface area contributed by atoms with Gasteiger partial charge in [0.2, 0.25) is 0 Å². The van der Waals surface area contributed by atoms with Gasteiger partial charge < -0.3 is 10.1 Å². The van der Waals surface area contributed by atoms with Crippen LogP contribution in [-0.4, -0.2) is 29.9 Å². The average Bonchev–Trinajstić information content (AvgIpc) is 2.89. The van der Waals surface area contributed by atoms with E-state index in [1.54, 1.807) is 11.3 Å². The standard InChI is InChI=1S/C15H18N2OS2/c1-10-17-11(8-19-10)7-12(16-2)14-9-20-15-6-4-3-5-13(15)18-14/h3-6,8,12,14,16H,7,9H2,1-2H3. The van der Waals surface area contributed by atoms with Crippen LogP contribution in [0.25, 0.3) is 0 Å². The Morgan fingerprint density at radius 3 is 3.05 bits per heavy atom. The lowest BCUT2D eigenvalue weighted by molar-refractivity contribution is 0.169. The van der Waals surface area contributed by atoms with Gasteiger partial charge >= 0.3 is 0 Å². The molecule has 1 aliphatic heterocycles. The molecule has 0 saturated heterocycles. The van der Waals surface area contributed by atoms with Gasteiger partial charge in [-0.1, -0.05) is 12.1 Å². The SMILES string of the molecule is CNC(Cc1csc(C)n1)C1CSc2ccccc2O1. The Hall–Kier alpha value is -1.04. The number of aryl methyl sites for hydroxylation is 1. The van der Waals surface area contributed by atoms with Crippen LogP contribution in [0.5, 0.6) is 5.75 Å². The van der Waals surface area contributed by atoms with Crippen LogP contribution in [0.1, 0.15) is 10.7 Å². The Balaban J connectivity index is 1.71. The van der Waals surface area contributed by atoms with Crippen molar-refractivity contribution in [1.82, 2.24) is 10.3 Å². The first-order valence-corrected chi connectivity index (χ1v) is 8.59. The van der Waals surface area contributed by atoms with E-state index in [0.717, 1.165) is 28.6 Å². The van der Waals surface area contributed by atoms with Crippen LogP contribution < -0.4 is 10.1 Å². The third-order valence-electron chi connectivity index (χ3n) is 3.45. The Kier molecular flexibility index (Phi) is 4.29. The normalized spacial score (nSPS) is 19.2. The molecule has 2 heterocycles. The number of aromatic nitrogens is 1. The first kappa shape index (κ1) is 13.9. The molecule has 1 aromatic carbocycles. The zero-order valence-electron chi connectivity index (χ0n) is 11.6. The summed E-state index contributed by atoms with van der Waals surface area (Å²) >= 11 is 3.58. The lowest BCUT2D eigenvalue weighted by Crippen LogP contribution is -2.45. The van der Waals surface area contributed by atoms with Crippen molar-refractivity contribution in [3.8, 4) is 5.75 Å². The first-order valence-electron chi connectivity index (χ1n) is 6.73. The number of para-hydroxylation sites is 1. The Morgan fingerprint density at radius 1 is 1.45 bits per heavy atom. The van der Waals surface area contributed by atoms with Gasteiger partial charge in [0.15, 0.2) is 0 Å². The number of thiazole rings is 1. The molecule has 3 rings (SSSR count). The zero-order chi connectivity index (χ0) is 13.9. The Morgan fingerprint density at radius 2 is 2.30 bits per heavy atom. The van der Waals surface area contributed by atoms with E-state index in [9.17, 15) is 0 Å². The summed E-state index contributed by atoms with van der Waals surface area (Å²) < 4.78 is 6.16. The highest BCUT2D eigenvalue weighted by Gasteiger charge is 2.27. The molecule has 0 bridgehead atoms. The number of fused-ring (bicyclic) bond motifs is 1. The molecule has 20 heavy (non-hydrogen) atoms. The molecule has 0 saturated carbocycles. The van der Waals surface area contributed by atoms with Gasteiger partial charge in [0, 0.05) is 22.4 Å². The van der Waals surface area contributed by atoms with Gasteiger partial charge in [0.05, 0.1) is 16.7 Å².